The van der Waals surface area contributed by atoms with Gasteiger partial charge in [0.25, 0.3) is 0 Å². The Kier molecular flexibility index (Phi) is 4.55. The minimum atomic E-state index is -1.06. The van der Waals surface area contributed by atoms with Gasteiger partial charge in [-0.1, -0.05) is 12.8 Å². The maximum absolute atomic E-state index is 10.7. The van der Waals surface area contributed by atoms with E-state index in [2.05, 4.69) is 5.32 Å². The summed E-state index contributed by atoms with van der Waals surface area (Å²) in [6.45, 7) is 0.256. The molecule has 0 radical (unpaired) electrons. The van der Waals surface area contributed by atoms with E-state index in [1.54, 1.807) is 0 Å². The van der Waals surface area contributed by atoms with Crippen LogP contribution < -0.4 is 5.32 Å². The Morgan fingerprint density at radius 3 is 2.33 bits per heavy atom. The molecule has 0 aromatic carbocycles. The van der Waals surface area contributed by atoms with E-state index in [1.807, 2.05) is 0 Å². The zero-order chi connectivity index (χ0) is 11.3. The first-order valence-electron chi connectivity index (χ1n) is 5.27. The summed E-state index contributed by atoms with van der Waals surface area (Å²) in [5, 5.41) is 20.5. The molecule has 0 aromatic rings. The molecule has 3 N–H and O–H groups in total. The lowest BCUT2D eigenvalue weighted by molar-refractivity contribution is -0.148. The molecule has 0 heterocycles. The number of nitrogens with one attached hydrogen (secondary N) is 1. The van der Waals surface area contributed by atoms with E-state index in [0.29, 0.717) is 6.04 Å². The number of carboxylic acids is 2. The molecule has 0 aliphatic heterocycles. The first-order valence-corrected chi connectivity index (χ1v) is 5.27. The summed E-state index contributed by atoms with van der Waals surface area (Å²) >= 11 is 0. The number of rotatable bonds is 6. The third-order valence-electron chi connectivity index (χ3n) is 2.78. The van der Waals surface area contributed by atoms with Gasteiger partial charge in [0.2, 0.25) is 0 Å². The minimum absolute atomic E-state index is 0.256. The molecular weight excluding hydrogens is 198 g/mol. The van der Waals surface area contributed by atoms with Crippen molar-refractivity contribution in [3.8, 4) is 0 Å². The molecule has 0 spiro atoms. The Morgan fingerprint density at radius 2 is 1.87 bits per heavy atom. The summed E-state index contributed by atoms with van der Waals surface area (Å²) in [4.78, 5) is 21.2. The standard InChI is InChI=1S/C10H17NO4/c12-9(13)5-7(10(14)15)6-11-8-3-1-2-4-8/h7-8,11H,1-6H2,(H,12,13)(H,14,15). The van der Waals surface area contributed by atoms with E-state index >= 15 is 0 Å². The summed E-state index contributed by atoms with van der Waals surface area (Å²) in [6, 6.07) is 0.376. The molecule has 1 aliphatic rings. The van der Waals surface area contributed by atoms with Crippen molar-refractivity contribution in [3.05, 3.63) is 0 Å². The average molecular weight is 215 g/mol. The molecule has 86 valence electrons. The molecule has 0 saturated heterocycles. The summed E-state index contributed by atoms with van der Waals surface area (Å²) in [6.07, 6.45) is 4.18. The van der Waals surface area contributed by atoms with Gasteiger partial charge >= 0.3 is 11.9 Å². The van der Waals surface area contributed by atoms with E-state index in [4.69, 9.17) is 10.2 Å². The molecule has 1 aliphatic carbocycles. The molecule has 0 amide bonds. The molecule has 15 heavy (non-hydrogen) atoms. The SMILES string of the molecule is O=C(O)CC(CNC1CCCC1)C(=O)O. The van der Waals surface area contributed by atoms with Crippen LogP contribution in [0.5, 0.6) is 0 Å². The van der Waals surface area contributed by atoms with Crippen LogP contribution in [0, 0.1) is 5.92 Å². The monoisotopic (exact) mass is 215 g/mol. The maximum atomic E-state index is 10.7. The Hall–Kier alpha value is -1.10. The Morgan fingerprint density at radius 1 is 1.27 bits per heavy atom. The second-order valence-electron chi connectivity index (χ2n) is 4.02. The van der Waals surface area contributed by atoms with Gasteiger partial charge in [-0.25, -0.2) is 0 Å². The van der Waals surface area contributed by atoms with Gasteiger partial charge in [0.15, 0.2) is 0 Å². The van der Waals surface area contributed by atoms with Gasteiger partial charge in [-0.2, -0.15) is 0 Å². The lowest BCUT2D eigenvalue weighted by Gasteiger charge is -2.15. The number of aliphatic carboxylic acids is 2. The fourth-order valence-electron chi connectivity index (χ4n) is 1.90. The second-order valence-corrected chi connectivity index (χ2v) is 4.02. The first-order chi connectivity index (χ1) is 7.09. The van der Waals surface area contributed by atoms with Gasteiger partial charge in [-0.15, -0.1) is 0 Å². The van der Waals surface area contributed by atoms with Gasteiger partial charge in [0.05, 0.1) is 12.3 Å². The Bertz CT molecular complexity index is 236. The van der Waals surface area contributed by atoms with Crippen LogP contribution in [-0.4, -0.2) is 34.7 Å². The lowest BCUT2D eigenvalue weighted by atomic mass is 10.1. The van der Waals surface area contributed by atoms with Gasteiger partial charge in [0, 0.05) is 12.6 Å². The molecule has 1 unspecified atom stereocenters. The van der Waals surface area contributed by atoms with E-state index in [9.17, 15) is 9.59 Å². The fraction of sp³-hybridized carbons (Fsp3) is 0.800. The van der Waals surface area contributed by atoms with Crippen LogP contribution in [0.25, 0.3) is 0 Å². The summed E-state index contributed by atoms with van der Waals surface area (Å²) < 4.78 is 0. The van der Waals surface area contributed by atoms with E-state index < -0.39 is 17.9 Å². The molecule has 1 saturated carbocycles. The van der Waals surface area contributed by atoms with Crippen molar-refractivity contribution >= 4 is 11.9 Å². The molecule has 0 aromatic heterocycles. The highest BCUT2D eigenvalue weighted by molar-refractivity contribution is 5.77. The summed E-state index contributed by atoms with van der Waals surface area (Å²) in [5.74, 6) is -2.92. The normalized spacial score (nSPS) is 18.9. The zero-order valence-corrected chi connectivity index (χ0v) is 8.61. The number of carbonyl (C=O) groups is 2. The van der Waals surface area contributed by atoms with Crippen molar-refractivity contribution in [2.45, 2.75) is 38.1 Å². The molecule has 1 atom stereocenters. The largest absolute Gasteiger partial charge is 0.481 e. The van der Waals surface area contributed by atoms with E-state index in [-0.39, 0.29) is 13.0 Å². The highest BCUT2D eigenvalue weighted by Gasteiger charge is 2.23. The van der Waals surface area contributed by atoms with Gasteiger partial charge in [0.1, 0.15) is 0 Å². The van der Waals surface area contributed by atoms with Crippen LogP contribution in [0.2, 0.25) is 0 Å². The number of hydrogen-bond donors (Lipinski definition) is 3. The molecular formula is C10H17NO4. The number of carboxylic acid groups (broad SMARTS) is 2. The van der Waals surface area contributed by atoms with Crippen LogP contribution >= 0.6 is 0 Å². The van der Waals surface area contributed by atoms with Crippen molar-refractivity contribution in [1.82, 2.24) is 5.32 Å². The van der Waals surface area contributed by atoms with Gasteiger partial charge in [-0.05, 0) is 12.8 Å². The minimum Gasteiger partial charge on any atom is -0.481 e. The molecule has 1 fully saturated rings. The quantitative estimate of drug-likeness (QED) is 0.607. The van der Waals surface area contributed by atoms with E-state index in [1.165, 1.54) is 12.8 Å². The molecule has 5 nitrogen and oxygen atoms in total. The second kappa shape index (κ2) is 5.70. The van der Waals surface area contributed by atoms with E-state index in [0.717, 1.165) is 12.8 Å². The maximum Gasteiger partial charge on any atom is 0.308 e. The van der Waals surface area contributed by atoms with Crippen molar-refractivity contribution in [2.24, 2.45) is 5.92 Å². The highest BCUT2D eigenvalue weighted by Crippen LogP contribution is 2.18. The third kappa shape index (κ3) is 4.29. The predicted molar refractivity (Wildman–Crippen MR) is 53.6 cm³/mol. The summed E-state index contributed by atoms with van der Waals surface area (Å²) in [7, 11) is 0. The zero-order valence-electron chi connectivity index (χ0n) is 8.61. The lowest BCUT2D eigenvalue weighted by Crippen LogP contribution is -2.35. The van der Waals surface area contributed by atoms with Gasteiger partial charge in [-0.3, -0.25) is 9.59 Å². The molecule has 0 bridgehead atoms. The topological polar surface area (TPSA) is 86.6 Å². The first kappa shape index (κ1) is 12.0. The third-order valence-corrected chi connectivity index (χ3v) is 2.78. The van der Waals surface area contributed by atoms with Crippen molar-refractivity contribution in [3.63, 3.8) is 0 Å². The smallest absolute Gasteiger partial charge is 0.308 e. The molecule has 1 rings (SSSR count). The predicted octanol–water partition coefficient (Wildman–Crippen LogP) is 0.694. The highest BCUT2D eigenvalue weighted by atomic mass is 16.4. The van der Waals surface area contributed by atoms with Crippen LogP contribution in [0.4, 0.5) is 0 Å². The Balaban J connectivity index is 2.30. The average Bonchev–Trinajstić information content (AvgIpc) is 2.63. The Labute approximate surface area is 88.5 Å². The van der Waals surface area contributed by atoms with Crippen molar-refractivity contribution in [1.29, 1.82) is 0 Å². The van der Waals surface area contributed by atoms with Crippen LogP contribution in [0.3, 0.4) is 0 Å². The van der Waals surface area contributed by atoms with Crippen LogP contribution in [0.15, 0.2) is 0 Å². The van der Waals surface area contributed by atoms with Crippen molar-refractivity contribution in [2.75, 3.05) is 6.54 Å². The number of hydrogen-bond acceptors (Lipinski definition) is 3. The van der Waals surface area contributed by atoms with Crippen molar-refractivity contribution < 1.29 is 19.8 Å². The van der Waals surface area contributed by atoms with Crippen LogP contribution in [0.1, 0.15) is 32.1 Å². The van der Waals surface area contributed by atoms with Gasteiger partial charge < -0.3 is 15.5 Å². The fourth-order valence-corrected chi connectivity index (χ4v) is 1.90. The van der Waals surface area contributed by atoms with Crippen LogP contribution in [-0.2, 0) is 9.59 Å². The molecule has 5 heteroatoms. The summed E-state index contributed by atoms with van der Waals surface area (Å²) in [5.41, 5.74) is 0.